The molecular formula is C14H13BrN2O3. The lowest BCUT2D eigenvalue weighted by molar-refractivity contribution is 0.0594. The summed E-state index contributed by atoms with van der Waals surface area (Å²) < 4.78 is 5.68. The number of rotatable bonds is 2. The van der Waals surface area contributed by atoms with E-state index in [4.69, 9.17) is 4.74 Å². The molecule has 0 aliphatic carbocycles. The number of esters is 1. The second-order valence-corrected chi connectivity index (χ2v) is 5.65. The third kappa shape index (κ3) is 2.25. The summed E-state index contributed by atoms with van der Waals surface area (Å²) in [6, 6.07) is 7.41. The summed E-state index contributed by atoms with van der Waals surface area (Å²) in [5.41, 5.74) is 1.90. The van der Waals surface area contributed by atoms with Gasteiger partial charge in [-0.2, -0.15) is 0 Å². The van der Waals surface area contributed by atoms with Crippen molar-refractivity contribution < 1.29 is 14.6 Å². The van der Waals surface area contributed by atoms with Gasteiger partial charge in [0.25, 0.3) is 0 Å². The Kier molecular flexibility index (Phi) is 3.35. The minimum absolute atomic E-state index is 0.277. The lowest BCUT2D eigenvalue weighted by atomic mass is 10.1. The monoisotopic (exact) mass is 336 g/mol. The molecule has 1 aromatic heterocycles. The van der Waals surface area contributed by atoms with Crippen molar-refractivity contribution in [3.8, 4) is 0 Å². The number of hydrogen-bond donors (Lipinski definition) is 1. The highest BCUT2D eigenvalue weighted by Gasteiger charge is 2.27. The number of aliphatic hydroxyl groups is 1. The van der Waals surface area contributed by atoms with Crippen LogP contribution < -0.4 is 4.90 Å². The molecule has 5 nitrogen and oxygen atoms in total. The van der Waals surface area contributed by atoms with Crippen LogP contribution in [0.5, 0.6) is 0 Å². The first kappa shape index (κ1) is 13.3. The van der Waals surface area contributed by atoms with Crippen LogP contribution in [0, 0.1) is 0 Å². The Morgan fingerprint density at radius 1 is 1.45 bits per heavy atom. The molecule has 6 heteroatoms. The SMILES string of the molecule is COC(=O)c1cc(N2CC(O)C2)c2cc(Br)ccc2n1. The van der Waals surface area contributed by atoms with Crippen LogP contribution >= 0.6 is 15.9 Å². The van der Waals surface area contributed by atoms with Crippen LogP contribution in [-0.2, 0) is 4.74 Å². The molecule has 1 aliphatic heterocycles. The first-order chi connectivity index (χ1) is 9.58. The van der Waals surface area contributed by atoms with E-state index in [9.17, 15) is 9.90 Å². The van der Waals surface area contributed by atoms with Gasteiger partial charge in [0, 0.05) is 28.6 Å². The molecule has 1 aliphatic rings. The van der Waals surface area contributed by atoms with Gasteiger partial charge in [-0.1, -0.05) is 15.9 Å². The average Bonchev–Trinajstić information content (AvgIpc) is 2.42. The molecule has 1 N–H and O–H groups in total. The number of β-amino-alcohol motifs (C(OH)–C–C–N with tert-alkyl or cyclic N) is 1. The Hall–Kier alpha value is -1.66. The van der Waals surface area contributed by atoms with Crippen LogP contribution in [0.1, 0.15) is 10.5 Å². The average molecular weight is 337 g/mol. The minimum Gasteiger partial charge on any atom is -0.464 e. The second kappa shape index (κ2) is 5.03. The third-order valence-corrected chi connectivity index (χ3v) is 3.84. The molecule has 1 aromatic carbocycles. The Labute approximate surface area is 124 Å². The smallest absolute Gasteiger partial charge is 0.356 e. The van der Waals surface area contributed by atoms with Gasteiger partial charge in [0.2, 0.25) is 0 Å². The summed E-state index contributed by atoms with van der Waals surface area (Å²) in [6.45, 7) is 1.12. The van der Waals surface area contributed by atoms with E-state index in [1.807, 2.05) is 23.1 Å². The number of methoxy groups -OCH3 is 1. The number of ether oxygens (including phenoxy) is 1. The molecule has 2 heterocycles. The molecule has 1 saturated heterocycles. The lowest BCUT2D eigenvalue weighted by Gasteiger charge is -2.38. The van der Waals surface area contributed by atoms with Gasteiger partial charge >= 0.3 is 5.97 Å². The molecule has 0 radical (unpaired) electrons. The quantitative estimate of drug-likeness (QED) is 0.849. The summed E-state index contributed by atoms with van der Waals surface area (Å²) in [4.78, 5) is 18.1. The van der Waals surface area contributed by atoms with E-state index in [-0.39, 0.29) is 11.8 Å². The molecule has 0 bridgehead atoms. The summed E-state index contributed by atoms with van der Waals surface area (Å²) >= 11 is 3.44. The fourth-order valence-corrected chi connectivity index (χ4v) is 2.66. The number of benzene rings is 1. The van der Waals surface area contributed by atoms with Crippen LogP contribution in [0.3, 0.4) is 0 Å². The maximum Gasteiger partial charge on any atom is 0.356 e. The Bertz CT molecular complexity index is 683. The number of aromatic nitrogens is 1. The van der Waals surface area contributed by atoms with Crippen LogP contribution in [-0.4, -0.2) is 42.4 Å². The van der Waals surface area contributed by atoms with Gasteiger partial charge in [0.15, 0.2) is 5.69 Å². The summed E-state index contributed by atoms with van der Waals surface area (Å²) in [5, 5.41) is 10.4. The van der Waals surface area contributed by atoms with Gasteiger partial charge in [-0.15, -0.1) is 0 Å². The fraction of sp³-hybridized carbons (Fsp3) is 0.286. The van der Waals surface area contributed by atoms with Crippen LogP contribution in [0.4, 0.5) is 5.69 Å². The molecule has 20 heavy (non-hydrogen) atoms. The van der Waals surface area contributed by atoms with E-state index in [0.29, 0.717) is 13.1 Å². The van der Waals surface area contributed by atoms with Gasteiger partial charge < -0.3 is 14.7 Å². The molecule has 0 amide bonds. The van der Waals surface area contributed by atoms with Crippen molar-refractivity contribution in [1.29, 1.82) is 0 Å². The zero-order chi connectivity index (χ0) is 14.3. The molecule has 3 rings (SSSR count). The number of carbonyl (C=O) groups excluding carboxylic acids is 1. The van der Waals surface area contributed by atoms with Crippen molar-refractivity contribution in [1.82, 2.24) is 4.98 Å². The Morgan fingerprint density at radius 3 is 2.85 bits per heavy atom. The molecule has 0 atom stereocenters. The predicted octanol–water partition coefficient (Wildman–Crippen LogP) is 1.96. The second-order valence-electron chi connectivity index (χ2n) is 4.74. The zero-order valence-electron chi connectivity index (χ0n) is 10.8. The van der Waals surface area contributed by atoms with Gasteiger partial charge in [-0.3, -0.25) is 0 Å². The van der Waals surface area contributed by atoms with Crippen molar-refractivity contribution in [2.45, 2.75) is 6.10 Å². The Balaban J connectivity index is 2.17. The molecule has 1 fully saturated rings. The number of carbonyl (C=O) groups is 1. The lowest BCUT2D eigenvalue weighted by Crippen LogP contribution is -2.51. The first-order valence-electron chi connectivity index (χ1n) is 6.20. The minimum atomic E-state index is -0.461. The molecule has 104 valence electrons. The molecular weight excluding hydrogens is 324 g/mol. The number of pyridine rings is 1. The highest BCUT2D eigenvalue weighted by atomic mass is 79.9. The molecule has 0 spiro atoms. The van der Waals surface area contributed by atoms with Gasteiger partial charge in [0.1, 0.15) is 0 Å². The summed E-state index contributed by atoms with van der Waals surface area (Å²) in [6.07, 6.45) is -0.313. The third-order valence-electron chi connectivity index (χ3n) is 3.35. The van der Waals surface area contributed by atoms with Gasteiger partial charge in [0.05, 0.1) is 18.7 Å². The maximum atomic E-state index is 11.7. The van der Waals surface area contributed by atoms with Crippen LogP contribution in [0.2, 0.25) is 0 Å². The normalized spacial score (nSPS) is 15.2. The largest absolute Gasteiger partial charge is 0.464 e. The first-order valence-corrected chi connectivity index (χ1v) is 6.99. The van der Waals surface area contributed by atoms with Crippen molar-refractivity contribution in [2.75, 3.05) is 25.1 Å². The van der Waals surface area contributed by atoms with Crippen molar-refractivity contribution in [2.24, 2.45) is 0 Å². The van der Waals surface area contributed by atoms with Crippen molar-refractivity contribution in [3.05, 3.63) is 34.4 Å². The van der Waals surface area contributed by atoms with Gasteiger partial charge in [-0.05, 0) is 24.3 Å². The van der Waals surface area contributed by atoms with Crippen LogP contribution in [0.15, 0.2) is 28.7 Å². The zero-order valence-corrected chi connectivity index (χ0v) is 12.4. The number of aliphatic hydroxyl groups excluding tert-OH is 1. The van der Waals surface area contributed by atoms with Crippen molar-refractivity contribution in [3.63, 3.8) is 0 Å². The number of fused-ring (bicyclic) bond motifs is 1. The fourth-order valence-electron chi connectivity index (χ4n) is 2.30. The van der Waals surface area contributed by atoms with E-state index in [0.717, 1.165) is 21.1 Å². The predicted molar refractivity (Wildman–Crippen MR) is 79.0 cm³/mol. The van der Waals surface area contributed by atoms with Crippen molar-refractivity contribution >= 4 is 38.5 Å². The maximum absolute atomic E-state index is 11.7. The Morgan fingerprint density at radius 2 is 2.20 bits per heavy atom. The number of anilines is 1. The number of hydrogen-bond acceptors (Lipinski definition) is 5. The summed E-state index contributed by atoms with van der Waals surface area (Å²) in [7, 11) is 1.34. The number of nitrogens with zero attached hydrogens (tertiary/aromatic N) is 2. The topological polar surface area (TPSA) is 62.7 Å². The van der Waals surface area contributed by atoms with Crippen LogP contribution in [0.25, 0.3) is 10.9 Å². The van der Waals surface area contributed by atoms with E-state index >= 15 is 0 Å². The van der Waals surface area contributed by atoms with E-state index in [1.165, 1.54) is 7.11 Å². The number of halogens is 1. The highest BCUT2D eigenvalue weighted by molar-refractivity contribution is 9.10. The van der Waals surface area contributed by atoms with E-state index < -0.39 is 5.97 Å². The van der Waals surface area contributed by atoms with E-state index in [2.05, 4.69) is 20.9 Å². The molecule has 0 unspecified atom stereocenters. The standard InChI is InChI=1S/C14H13BrN2O3/c1-20-14(19)12-5-13(17-6-9(18)7-17)10-4-8(15)2-3-11(10)16-12/h2-5,9,18H,6-7H2,1H3. The van der Waals surface area contributed by atoms with E-state index in [1.54, 1.807) is 6.07 Å². The molecule has 0 saturated carbocycles. The summed E-state index contributed by atoms with van der Waals surface area (Å²) in [5.74, 6) is -0.461. The molecule has 2 aromatic rings. The highest BCUT2D eigenvalue weighted by Crippen LogP contribution is 2.32. The van der Waals surface area contributed by atoms with Gasteiger partial charge in [-0.25, -0.2) is 9.78 Å².